The van der Waals surface area contributed by atoms with Gasteiger partial charge in [0, 0.05) is 25.8 Å². The highest BCUT2D eigenvalue weighted by Crippen LogP contribution is 2.26. The van der Waals surface area contributed by atoms with Crippen LogP contribution in [0.5, 0.6) is 0 Å². The molecule has 0 spiro atoms. The second-order valence-electron chi connectivity index (χ2n) is 5.06. The van der Waals surface area contributed by atoms with Crippen LogP contribution in [0, 0.1) is 0 Å². The third kappa shape index (κ3) is 5.74. The molecule has 1 saturated carbocycles. The fraction of sp³-hybridized carbons (Fsp3) is 0.917. The van der Waals surface area contributed by atoms with E-state index in [2.05, 4.69) is 4.72 Å². The van der Waals surface area contributed by atoms with E-state index in [1.807, 2.05) is 11.8 Å². The van der Waals surface area contributed by atoms with Crippen LogP contribution < -0.4 is 4.72 Å². The van der Waals surface area contributed by atoms with Crippen LogP contribution in [0.2, 0.25) is 0 Å². The fourth-order valence-corrected chi connectivity index (χ4v) is 3.68. The van der Waals surface area contributed by atoms with Gasteiger partial charge >= 0.3 is 5.97 Å². The molecule has 0 aromatic rings. The normalized spacial score (nSPS) is 22.8. The van der Waals surface area contributed by atoms with Crippen molar-refractivity contribution < 1.29 is 23.1 Å². The molecule has 0 heterocycles. The first-order valence-corrected chi connectivity index (χ1v) is 8.48. The number of nitrogens with zero attached hydrogens (tertiary/aromatic N) is 1. The number of nitrogens with one attached hydrogen (secondary N) is 1. The molecule has 1 fully saturated rings. The molecule has 1 aliphatic carbocycles. The Kier molecular flexibility index (Phi) is 6.87. The largest absolute Gasteiger partial charge is 0.480 e. The zero-order valence-electron chi connectivity index (χ0n) is 12.0. The van der Waals surface area contributed by atoms with Crippen LogP contribution in [0.15, 0.2) is 0 Å². The van der Waals surface area contributed by atoms with Crippen molar-refractivity contribution in [2.45, 2.75) is 38.3 Å². The summed E-state index contributed by atoms with van der Waals surface area (Å²) < 4.78 is 31.0. The van der Waals surface area contributed by atoms with Gasteiger partial charge in [-0.2, -0.15) is 0 Å². The molecule has 7 nitrogen and oxygen atoms in total. The van der Waals surface area contributed by atoms with Crippen molar-refractivity contribution >= 4 is 16.0 Å². The summed E-state index contributed by atoms with van der Waals surface area (Å²) in [5.41, 5.74) is 0. The number of rotatable bonds is 10. The van der Waals surface area contributed by atoms with Crippen molar-refractivity contribution in [1.29, 1.82) is 0 Å². The van der Waals surface area contributed by atoms with Crippen molar-refractivity contribution in [3.63, 3.8) is 0 Å². The summed E-state index contributed by atoms with van der Waals surface area (Å²) in [4.78, 5) is 12.6. The van der Waals surface area contributed by atoms with E-state index < -0.39 is 16.0 Å². The van der Waals surface area contributed by atoms with Crippen LogP contribution >= 0.6 is 0 Å². The smallest absolute Gasteiger partial charge is 0.317 e. The number of carboxylic acid groups (broad SMARTS) is 1. The van der Waals surface area contributed by atoms with Gasteiger partial charge in [-0.05, 0) is 25.8 Å². The molecule has 0 unspecified atom stereocenters. The summed E-state index contributed by atoms with van der Waals surface area (Å²) in [7, 11) is -1.72. The van der Waals surface area contributed by atoms with Crippen molar-refractivity contribution in [3.8, 4) is 0 Å². The molecule has 0 aromatic carbocycles. The van der Waals surface area contributed by atoms with Gasteiger partial charge in [-0.25, -0.2) is 13.1 Å². The lowest BCUT2D eigenvalue weighted by atomic mass is 9.86. The average Bonchev–Trinajstić information content (AvgIpc) is 2.30. The quantitative estimate of drug-likeness (QED) is 0.546. The van der Waals surface area contributed by atoms with Crippen LogP contribution in [-0.2, 0) is 19.6 Å². The first kappa shape index (κ1) is 17.4. The van der Waals surface area contributed by atoms with E-state index in [0.717, 1.165) is 0 Å². The molecular formula is C12H24N2O5S. The number of aliphatic carboxylic acids is 1. The van der Waals surface area contributed by atoms with Gasteiger partial charge in [0.25, 0.3) is 0 Å². The van der Waals surface area contributed by atoms with Crippen LogP contribution in [0.3, 0.4) is 0 Å². The Hall–Kier alpha value is -0.700. The molecular weight excluding hydrogens is 284 g/mol. The maximum atomic E-state index is 11.8. The van der Waals surface area contributed by atoms with Crippen molar-refractivity contribution in [2.75, 3.05) is 32.6 Å². The molecule has 0 atom stereocenters. The van der Waals surface area contributed by atoms with Crippen LogP contribution in [0.4, 0.5) is 0 Å². The van der Waals surface area contributed by atoms with Crippen molar-refractivity contribution in [3.05, 3.63) is 0 Å². The standard InChI is InChI=1S/C12H24N2O5S/c1-3-14(9-12(15)16)11-7-10(8-11)13-20(17,18)6-4-5-19-2/h10-11,13H,3-9H2,1-2H3,(H,15,16). The maximum absolute atomic E-state index is 11.8. The molecule has 1 aliphatic rings. The molecule has 118 valence electrons. The number of ether oxygens (including phenoxy) is 1. The lowest BCUT2D eigenvalue weighted by Crippen LogP contribution is -2.55. The first-order valence-electron chi connectivity index (χ1n) is 6.82. The number of likely N-dealkylation sites (N-methyl/N-ethyl adjacent to an activating group) is 1. The van der Waals surface area contributed by atoms with E-state index in [0.29, 0.717) is 32.4 Å². The molecule has 0 radical (unpaired) electrons. The minimum Gasteiger partial charge on any atom is -0.480 e. The highest BCUT2D eigenvalue weighted by Gasteiger charge is 2.35. The zero-order chi connectivity index (χ0) is 15.2. The summed E-state index contributed by atoms with van der Waals surface area (Å²) in [6.07, 6.45) is 1.82. The van der Waals surface area contributed by atoms with Gasteiger partial charge in [-0.3, -0.25) is 9.69 Å². The summed E-state index contributed by atoms with van der Waals surface area (Å²) in [6, 6.07) is 0.0816. The highest BCUT2D eigenvalue weighted by atomic mass is 32.2. The minimum atomic E-state index is -3.26. The number of sulfonamides is 1. The van der Waals surface area contributed by atoms with Gasteiger partial charge in [-0.15, -0.1) is 0 Å². The van der Waals surface area contributed by atoms with Gasteiger partial charge in [-0.1, -0.05) is 6.92 Å². The Morgan fingerprint density at radius 2 is 2.10 bits per heavy atom. The van der Waals surface area contributed by atoms with Gasteiger partial charge < -0.3 is 9.84 Å². The number of hydrogen-bond donors (Lipinski definition) is 2. The van der Waals surface area contributed by atoms with Crippen LogP contribution in [0.25, 0.3) is 0 Å². The Labute approximate surface area is 120 Å². The zero-order valence-corrected chi connectivity index (χ0v) is 12.9. The van der Waals surface area contributed by atoms with Gasteiger partial charge in [0.1, 0.15) is 0 Å². The van der Waals surface area contributed by atoms with Crippen molar-refractivity contribution in [1.82, 2.24) is 9.62 Å². The third-order valence-electron chi connectivity index (χ3n) is 3.48. The third-order valence-corrected chi connectivity index (χ3v) is 5.00. The van der Waals surface area contributed by atoms with Gasteiger partial charge in [0.2, 0.25) is 10.0 Å². The van der Waals surface area contributed by atoms with Gasteiger partial charge in [0.15, 0.2) is 0 Å². The fourth-order valence-electron chi connectivity index (χ4n) is 2.36. The summed E-state index contributed by atoms with van der Waals surface area (Å²) in [5.74, 6) is -0.787. The van der Waals surface area contributed by atoms with E-state index in [1.54, 1.807) is 7.11 Å². The summed E-state index contributed by atoms with van der Waals surface area (Å²) in [5, 5.41) is 8.79. The van der Waals surface area contributed by atoms with Crippen LogP contribution in [-0.4, -0.2) is 69.0 Å². The monoisotopic (exact) mass is 308 g/mol. The van der Waals surface area contributed by atoms with E-state index in [9.17, 15) is 13.2 Å². The molecule has 0 aliphatic heterocycles. The van der Waals surface area contributed by atoms with Crippen molar-refractivity contribution in [2.24, 2.45) is 0 Å². The Balaban J connectivity index is 2.31. The minimum absolute atomic E-state index is 0.00841. The molecule has 0 amide bonds. The van der Waals surface area contributed by atoms with E-state index in [4.69, 9.17) is 9.84 Å². The highest BCUT2D eigenvalue weighted by molar-refractivity contribution is 7.89. The maximum Gasteiger partial charge on any atom is 0.317 e. The lowest BCUT2D eigenvalue weighted by Gasteiger charge is -2.42. The Bertz CT molecular complexity index is 406. The molecule has 0 aromatic heterocycles. The number of carboxylic acids is 1. The predicted molar refractivity (Wildman–Crippen MR) is 75.1 cm³/mol. The molecule has 2 N–H and O–H groups in total. The topological polar surface area (TPSA) is 95.9 Å². The first-order chi connectivity index (χ1) is 9.38. The Morgan fingerprint density at radius 3 is 2.60 bits per heavy atom. The number of methoxy groups -OCH3 is 1. The lowest BCUT2D eigenvalue weighted by molar-refractivity contribution is -0.139. The van der Waals surface area contributed by atoms with E-state index >= 15 is 0 Å². The summed E-state index contributed by atoms with van der Waals surface area (Å²) >= 11 is 0. The molecule has 0 bridgehead atoms. The SMILES string of the molecule is CCN(CC(=O)O)C1CC(NS(=O)(=O)CCCOC)C1. The number of hydrogen-bond acceptors (Lipinski definition) is 5. The van der Waals surface area contributed by atoms with E-state index in [-0.39, 0.29) is 24.4 Å². The molecule has 0 saturated heterocycles. The molecule has 20 heavy (non-hydrogen) atoms. The average molecular weight is 308 g/mol. The molecule has 1 rings (SSSR count). The molecule has 8 heteroatoms. The second kappa shape index (κ2) is 7.92. The summed E-state index contributed by atoms with van der Waals surface area (Å²) in [6.45, 7) is 3.00. The van der Waals surface area contributed by atoms with Gasteiger partial charge in [0.05, 0.1) is 12.3 Å². The van der Waals surface area contributed by atoms with E-state index in [1.165, 1.54) is 0 Å². The predicted octanol–water partition coefficient (Wildman–Crippen LogP) is -0.120. The second-order valence-corrected chi connectivity index (χ2v) is 6.94. The Morgan fingerprint density at radius 1 is 1.45 bits per heavy atom. The number of carbonyl (C=O) groups is 1. The van der Waals surface area contributed by atoms with Crippen LogP contribution in [0.1, 0.15) is 26.2 Å².